The van der Waals surface area contributed by atoms with E-state index in [-0.39, 0.29) is 17.2 Å². The van der Waals surface area contributed by atoms with E-state index in [1.807, 2.05) is 7.05 Å². The normalized spacial score (nSPS) is 10.4. The Kier molecular flexibility index (Phi) is 3.74. The molecule has 0 atom stereocenters. The SMILES string of the molecule is Cn1cnnc1CCNC(=O)c1cc(N)cc(F)c1. The minimum absolute atomic E-state index is 0.204. The monoisotopic (exact) mass is 263 g/mol. The van der Waals surface area contributed by atoms with Gasteiger partial charge in [0.25, 0.3) is 5.91 Å². The highest BCUT2D eigenvalue weighted by Crippen LogP contribution is 2.10. The van der Waals surface area contributed by atoms with Crippen molar-refractivity contribution >= 4 is 11.6 Å². The number of nitrogens with one attached hydrogen (secondary N) is 1. The second-order valence-corrected chi connectivity index (χ2v) is 4.14. The van der Waals surface area contributed by atoms with E-state index in [0.717, 1.165) is 18.0 Å². The number of nitrogens with zero attached hydrogens (tertiary/aromatic N) is 3. The second-order valence-electron chi connectivity index (χ2n) is 4.14. The van der Waals surface area contributed by atoms with Crippen molar-refractivity contribution in [1.29, 1.82) is 0 Å². The number of amides is 1. The molecule has 1 aromatic carbocycles. The van der Waals surface area contributed by atoms with E-state index in [2.05, 4.69) is 15.5 Å². The van der Waals surface area contributed by atoms with Gasteiger partial charge in [-0.05, 0) is 18.2 Å². The average Bonchev–Trinajstić information content (AvgIpc) is 2.74. The Morgan fingerprint density at radius 1 is 1.47 bits per heavy atom. The molecule has 3 N–H and O–H groups in total. The Morgan fingerprint density at radius 2 is 2.26 bits per heavy atom. The highest BCUT2D eigenvalue weighted by atomic mass is 19.1. The third-order valence-corrected chi connectivity index (χ3v) is 2.62. The minimum atomic E-state index is -0.529. The van der Waals surface area contributed by atoms with Crippen LogP contribution < -0.4 is 11.1 Å². The standard InChI is InChI=1S/C12H14FN5O/c1-18-7-16-17-11(18)2-3-15-12(19)8-4-9(13)6-10(14)5-8/h4-7H,2-3,14H2,1H3,(H,15,19). The lowest BCUT2D eigenvalue weighted by Gasteiger charge is -2.06. The van der Waals surface area contributed by atoms with Gasteiger partial charge in [0.05, 0.1) is 0 Å². The fourth-order valence-corrected chi connectivity index (χ4v) is 1.67. The Labute approximate surface area is 109 Å². The number of nitrogens with two attached hydrogens (primary N) is 1. The van der Waals surface area contributed by atoms with Gasteiger partial charge in [-0.15, -0.1) is 10.2 Å². The lowest BCUT2D eigenvalue weighted by Crippen LogP contribution is -2.26. The molecule has 6 nitrogen and oxygen atoms in total. The summed E-state index contributed by atoms with van der Waals surface area (Å²) < 4.78 is 14.9. The number of carbonyl (C=O) groups excluding carboxylic acids is 1. The van der Waals surface area contributed by atoms with E-state index in [1.165, 1.54) is 6.07 Å². The van der Waals surface area contributed by atoms with Gasteiger partial charge >= 0.3 is 0 Å². The predicted octanol–water partition coefficient (Wildman–Crippen LogP) is 0.509. The van der Waals surface area contributed by atoms with E-state index in [1.54, 1.807) is 10.9 Å². The van der Waals surface area contributed by atoms with Gasteiger partial charge in [-0.1, -0.05) is 0 Å². The van der Waals surface area contributed by atoms with Gasteiger partial charge in [0, 0.05) is 31.3 Å². The first kappa shape index (κ1) is 13.0. The van der Waals surface area contributed by atoms with Gasteiger partial charge < -0.3 is 15.6 Å². The van der Waals surface area contributed by atoms with Crippen molar-refractivity contribution in [2.45, 2.75) is 6.42 Å². The van der Waals surface area contributed by atoms with Gasteiger partial charge in [0.1, 0.15) is 18.0 Å². The molecule has 2 aromatic rings. The minimum Gasteiger partial charge on any atom is -0.399 e. The predicted molar refractivity (Wildman–Crippen MR) is 67.9 cm³/mol. The number of aromatic nitrogens is 3. The van der Waals surface area contributed by atoms with Gasteiger partial charge in [-0.3, -0.25) is 4.79 Å². The summed E-state index contributed by atoms with van der Waals surface area (Å²) in [5.41, 5.74) is 5.91. The van der Waals surface area contributed by atoms with Crippen LogP contribution >= 0.6 is 0 Å². The van der Waals surface area contributed by atoms with Crippen LogP contribution in [0.2, 0.25) is 0 Å². The van der Waals surface area contributed by atoms with Crippen LogP contribution in [-0.2, 0) is 13.5 Å². The number of benzene rings is 1. The molecule has 0 saturated carbocycles. The molecule has 0 aliphatic rings. The number of aryl methyl sites for hydroxylation is 1. The summed E-state index contributed by atoms with van der Waals surface area (Å²) in [5.74, 6) is -0.133. The molecule has 1 heterocycles. The molecule has 7 heteroatoms. The van der Waals surface area contributed by atoms with Gasteiger partial charge in [-0.2, -0.15) is 0 Å². The van der Waals surface area contributed by atoms with Crippen molar-refractivity contribution in [3.8, 4) is 0 Å². The van der Waals surface area contributed by atoms with Crippen LogP contribution in [0.4, 0.5) is 10.1 Å². The topological polar surface area (TPSA) is 85.8 Å². The summed E-state index contributed by atoms with van der Waals surface area (Å²) in [4.78, 5) is 11.8. The van der Waals surface area contributed by atoms with Crippen LogP contribution in [0.5, 0.6) is 0 Å². The summed E-state index contributed by atoms with van der Waals surface area (Å²) >= 11 is 0. The van der Waals surface area contributed by atoms with Crippen LogP contribution in [0.3, 0.4) is 0 Å². The first-order chi connectivity index (χ1) is 9.06. The van der Waals surface area contributed by atoms with Crippen molar-refractivity contribution in [2.24, 2.45) is 7.05 Å². The largest absolute Gasteiger partial charge is 0.399 e. The van der Waals surface area contributed by atoms with Gasteiger partial charge in [0.15, 0.2) is 0 Å². The molecular weight excluding hydrogens is 249 g/mol. The smallest absolute Gasteiger partial charge is 0.251 e. The number of hydrogen-bond acceptors (Lipinski definition) is 4. The molecule has 1 aromatic heterocycles. The molecule has 2 rings (SSSR count). The third kappa shape index (κ3) is 3.27. The summed E-state index contributed by atoms with van der Waals surface area (Å²) in [6.45, 7) is 0.391. The molecule has 100 valence electrons. The van der Waals surface area contributed by atoms with Crippen molar-refractivity contribution in [1.82, 2.24) is 20.1 Å². The number of anilines is 1. The van der Waals surface area contributed by atoms with Crippen molar-refractivity contribution < 1.29 is 9.18 Å². The quantitative estimate of drug-likeness (QED) is 0.787. The van der Waals surface area contributed by atoms with Crippen LogP contribution in [0.1, 0.15) is 16.2 Å². The number of rotatable bonds is 4. The zero-order valence-corrected chi connectivity index (χ0v) is 10.4. The number of halogens is 1. The number of nitrogen functional groups attached to an aromatic ring is 1. The molecule has 1 amide bonds. The Bertz CT molecular complexity index is 575. The van der Waals surface area contributed by atoms with Crippen LogP contribution in [0.15, 0.2) is 24.5 Å². The Morgan fingerprint density at radius 3 is 2.89 bits per heavy atom. The summed E-state index contributed by atoms with van der Waals surface area (Å²) in [6.07, 6.45) is 2.14. The zero-order valence-electron chi connectivity index (χ0n) is 10.4. The summed E-state index contributed by atoms with van der Waals surface area (Å²) in [7, 11) is 1.82. The molecule has 0 aliphatic carbocycles. The third-order valence-electron chi connectivity index (χ3n) is 2.62. The van der Waals surface area contributed by atoms with Crippen molar-refractivity contribution in [2.75, 3.05) is 12.3 Å². The first-order valence-electron chi connectivity index (χ1n) is 5.73. The molecule has 0 fully saturated rings. The Balaban J connectivity index is 1.92. The lowest BCUT2D eigenvalue weighted by atomic mass is 10.2. The van der Waals surface area contributed by atoms with Crippen LogP contribution in [0.25, 0.3) is 0 Å². The van der Waals surface area contributed by atoms with E-state index < -0.39 is 5.82 Å². The summed E-state index contributed by atoms with van der Waals surface area (Å²) in [5, 5.41) is 10.3. The van der Waals surface area contributed by atoms with E-state index in [9.17, 15) is 9.18 Å². The summed E-state index contributed by atoms with van der Waals surface area (Å²) in [6, 6.07) is 3.74. The molecule has 0 spiro atoms. The maximum absolute atomic E-state index is 13.1. The number of carbonyl (C=O) groups is 1. The maximum atomic E-state index is 13.1. The van der Waals surface area contributed by atoms with Crippen LogP contribution in [0, 0.1) is 5.82 Å². The van der Waals surface area contributed by atoms with Gasteiger partial charge in [0.2, 0.25) is 0 Å². The molecule has 0 radical (unpaired) electrons. The molecule has 0 unspecified atom stereocenters. The first-order valence-corrected chi connectivity index (χ1v) is 5.73. The highest BCUT2D eigenvalue weighted by Gasteiger charge is 2.08. The maximum Gasteiger partial charge on any atom is 0.251 e. The van der Waals surface area contributed by atoms with Crippen LogP contribution in [-0.4, -0.2) is 27.2 Å². The molecule has 0 saturated heterocycles. The average molecular weight is 263 g/mol. The van der Waals surface area contributed by atoms with Crippen molar-refractivity contribution in [3.05, 3.63) is 41.7 Å². The van der Waals surface area contributed by atoms with E-state index in [0.29, 0.717) is 13.0 Å². The highest BCUT2D eigenvalue weighted by molar-refractivity contribution is 5.95. The zero-order chi connectivity index (χ0) is 13.8. The number of hydrogen-bond donors (Lipinski definition) is 2. The van der Waals surface area contributed by atoms with Crippen molar-refractivity contribution in [3.63, 3.8) is 0 Å². The Hall–Kier alpha value is -2.44. The molecule has 19 heavy (non-hydrogen) atoms. The molecular formula is C12H14FN5O. The van der Waals surface area contributed by atoms with E-state index in [4.69, 9.17) is 5.73 Å². The fourth-order valence-electron chi connectivity index (χ4n) is 1.67. The van der Waals surface area contributed by atoms with E-state index >= 15 is 0 Å². The molecule has 0 aliphatic heterocycles. The second kappa shape index (κ2) is 5.47. The van der Waals surface area contributed by atoms with Gasteiger partial charge in [-0.25, -0.2) is 4.39 Å². The fraction of sp³-hybridized carbons (Fsp3) is 0.250. The lowest BCUT2D eigenvalue weighted by molar-refractivity contribution is 0.0953. The molecule has 0 bridgehead atoms.